The minimum absolute atomic E-state index is 0.370. The lowest BCUT2D eigenvalue weighted by Gasteiger charge is -2.27. The highest BCUT2D eigenvalue weighted by molar-refractivity contribution is 5.35. The predicted molar refractivity (Wildman–Crippen MR) is 97.7 cm³/mol. The van der Waals surface area contributed by atoms with Crippen molar-refractivity contribution in [2.45, 2.75) is 51.2 Å². The van der Waals surface area contributed by atoms with E-state index in [4.69, 9.17) is 4.74 Å². The molecular formula is C20H32N2O2. The lowest BCUT2D eigenvalue weighted by molar-refractivity contribution is 0.0654. The van der Waals surface area contributed by atoms with Crippen molar-refractivity contribution in [3.63, 3.8) is 0 Å². The largest absolute Gasteiger partial charge is 0.491 e. The number of β-amino-alcohol motifs (C(OH)–C–C–N with tert-alkyl or cyclic N) is 1. The Morgan fingerprint density at radius 3 is 2.79 bits per heavy atom. The molecule has 2 heterocycles. The van der Waals surface area contributed by atoms with Gasteiger partial charge < -0.3 is 9.84 Å². The number of hydrogen-bond donors (Lipinski definition) is 1. The van der Waals surface area contributed by atoms with Crippen molar-refractivity contribution in [2.24, 2.45) is 0 Å². The van der Waals surface area contributed by atoms with Gasteiger partial charge in [-0.05, 0) is 56.4 Å². The fraction of sp³-hybridized carbons (Fsp3) is 0.700. The van der Waals surface area contributed by atoms with Crippen LogP contribution in [0.1, 0.15) is 44.6 Å². The van der Waals surface area contributed by atoms with E-state index in [1.807, 2.05) is 18.2 Å². The Morgan fingerprint density at radius 1 is 1.17 bits per heavy atom. The molecule has 4 heteroatoms. The van der Waals surface area contributed by atoms with E-state index in [0.29, 0.717) is 25.1 Å². The fourth-order valence-corrected chi connectivity index (χ4v) is 4.07. The second-order valence-electron chi connectivity index (χ2n) is 7.60. The number of para-hydroxylation sites is 1. The molecule has 134 valence electrons. The number of ether oxygens (including phenoxy) is 1. The van der Waals surface area contributed by atoms with Crippen molar-refractivity contribution < 1.29 is 9.84 Å². The van der Waals surface area contributed by atoms with Crippen LogP contribution in [0.2, 0.25) is 0 Å². The summed E-state index contributed by atoms with van der Waals surface area (Å²) >= 11 is 0. The number of rotatable bonds is 6. The molecule has 2 saturated heterocycles. The Hall–Kier alpha value is -1.10. The molecule has 1 aromatic carbocycles. The maximum atomic E-state index is 10.4. The average molecular weight is 332 g/mol. The summed E-state index contributed by atoms with van der Waals surface area (Å²) in [6.07, 6.45) is 3.42. The molecule has 0 saturated carbocycles. The SMILES string of the molecule is CC(C)c1ccccc1OC[C@H](O)CN1CCCN2CCC[C@@H]2C1. The van der Waals surface area contributed by atoms with Gasteiger partial charge in [-0.25, -0.2) is 0 Å². The Bertz CT molecular complexity index is 520. The van der Waals surface area contributed by atoms with Crippen molar-refractivity contribution >= 4 is 0 Å². The molecule has 0 aliphatic carbocycles. The van der Waals surface area contributed by atoms with Crippen LogP contribution in [0, 0.1) is 0 Å². The number of nitrogens with zero attached hydrogens (tertiary/aromatic N) is 2. The first kappa shape index (κ1) is 17.7. The van der Waals surface area contributed by atoms with Gasteiger partial charge in [0.25, 0.3) is 0 Å². The standard InChI is InChI=1S/C20H32N2O2/c1-16(2)19-8-3-4-9-20(19)24-15-18(23)14-21-10-6-12-22-11-5-7-17(22)13-21/h3-4,8-9,16-18,23H,5-7,10-15H2,1-2H3/t17-,18-/m1/s1. The summed E-state index contributed by atoms with van der Waals surface area (Å²) in [6.45, 7) is 10.1. The van der Waals surface area contributed by atoms with Gasteiger partial charge in [0.2, 0.25) is 0 Å². The van der Waals surface area contributed by atoms with Crippen LogP contribution in [-0.2, 0) is 0 Å². The quantitative estimate of drug-likeness (QED) is 0.869. The van der Waals surface area contributed by atoms with E-state index in [-0.39, 0.29) is 0 Å². The van der Waals surface area contributed by atoms with E-state index in [1.165, 1.54) is 37.9 Å². The lowest BCUT2D eigenvalue weighted by Crippen LogP contribution is -2.41. The minimum Gasteiger partial charge on any atom is -0.491 e. The van der Waals surface area contributed by atoms with Crippen LogP contribution >= 0.6 is 0 Å². The highest BCUT2D eigenvalue weighted by atomic mass is 16.5. The summed E-state index contributed by atoms with van der Waals surface area (Å²) in [5.74, 6) is 1.33. The van der Waals surface area contributed by atoms with Gasteiger partial charge in [0.1, 0.15) is 18.5 Å². The number of aliphatic hydroxyl groups excluding tert-OH is 1. The Labute approximate surface area is 146 Å². The van der Waals surface area contributed by atoms with Crippen LogP contribution in [0.25, 0.3) is 0 Å². The molecule has 2 aliphatic heterocycles. The van der Waals surface area contributed by atoms with Crippen LogP contribution in [0.4, 0.5) is 0 Å². The fourth-order valence-electron chi connectivity index (χ4n) is 4.07. The van der Waals surface area contributed by atoms with E-state index in [9.17, 15) is 5.11 Å². The smallest absolute Gasteiger partial charge is 0.122 e. The van der Waals surface area contributed by atoms with Gasteiger partial charge in [-0.3, -0.25) is 9.80 Å². The first-order valence-electron chi connectivity index (χ1n) is 9.49. The predicted octanol–water partition coefficient (Wildman–Crippen LogP) is 2.72. The maximum Gasteiger partial charge on any atom is 0.122 e. The molecule has 1 N–H and O–H groups in total. The van der Waals surface area contributed by atoms with Gasteiger partial charge in [-0.15, -0.1) is 0 Å². The Kier molecular flexibility index (Phi) is 6.14. The summed E-state index contributed by atoms with van der Waals surface area (Å²) in [7, 11) is 0. The van der Waals surface area contributed by atoms with Crippen LogP contribution in [0.3, 0.4) is 0 Å². The third-order valence-corrected chi connectivity index (χ3v) is 5.33. The van der Waals surface area contributed by atoms with Crippen molar-refractivity contribution in [2.75, 3.05) is 39.3 Å². The number of aliphatic hydroxyl groups is 1. The van der Waals surface area contributed by atoms with Gasteiger partial charge in [0.15, 0.2) is 0 Å². The molecule has 2 fully saturated rings. The normalized spacial score (nSPS) is 23.9. The summed E-state index contributed by atoms with van der Waals surface area (Å²) in [6, 6.07) is 8.85. The summed E-state index contributed by atoms with van der Waals surface area (Å²) < 4.78 is 5.93. The molecule has 0 radical (unpaired) electrons. The Morgan fingerprint density at radius 2 is 1.96 bits per heavy atom. The molecule has 4 nitrogen and oxygen atoms in total. The zero-order valence-electron chi connectivity index (χ0n) is 15.2. The molecule has 1 aromatic rings. The number of benzene rings is 1. The molecule has 3 rings (SSSR count). The monoisotopic (exact) mass is 332 g/mol. The van der Waals surface area contributed by atoms with E-state index >= 15 is 0 Å². The van der Waals surface area contributed by atoms with E-state index in [2.05, 4.69) is 29.7 Å². The number of hydrogen-bond acceptors (Lipinski definition) is 4. The lowest BCUT2D eigenvalue weighted by atomic mass is 10.0. The second-order valence-corrected chi connectivity index (χ2v) is 7.60. The molecule has 0 bridgehead atoms. The highest BCUT2D eigenvalue weighted by Crippen LogP contribution is 2.26. The van der Waals surface area contributed by atoms with E-state index < -0.39 is 6.10 Å². The van der Waals surface area contributed by atoms with Crippen molar-refractivity contribution in [3.05, 3.63) is 29.8 Å². The zero-order chi connectivity index (χ0) is 16.9. The molecule has 0 unspecified atom stereocenters. The summed E-state index contributed by atoms with van der Waals surface area (Å²) in [5, 5.41) is 10.4. The van der Waals surface area contributed by atoms with Gasteiger partial charge in [0.05, 0.1) is 0 Å². The molecule has 24 heavy (non-hydrogen) atoms. The van der Waals surface area contributed by atoms with Crippen LogP contribution < -0.4 is 4.74 Å². The topological polar surface area (TPSA) is 35.9 Å². The van der Waals surface area contributed by atoms with Crippen LogP contribution in [0.5, 0.6) is 5.75 Å². The maximum absolute atomic E-state index is 10.4. The number of fused-ring (bicyclic) bond motifs is 1. The third-order valence-electron chi connectivity index (χ3n) is 5.33. The molecule has 2 aliphatic rings. The highest BCUT2D eigenvalue weighted by Gasteiger charge is 2.29. The second kappa shape index (κ2) is 8.32. The van der Waals surface area contributed by atoms with Crippen LogP contribution in [-0.4, -0.2) is 66.4 Å². The van der Waals surface area contributed by atoms with Gasteiger partial charge in [-0.1, -0.05) is 32.0 Å². The van der Waals surface area contributed by atoms with Crippen LogP contribution in [0.15, 0.2) is 24.3 Å². The average Bonchev–Trinajstić information content (AvgIpc) is 2.91. The zero-order valence-corrected chi connectivity index (χ0v) is 15.2. The van der Waals surface area contributed by atoms with Crippen molar-refractivity contribution in [3.8, 4) is 5.75 Å². The summed E-state index contributed by atoms with van der Waals surface area (Å²) in [5.41, 5.74) is 1.21. The molecule has 0 spiro atoms. The van der Waals surface area contributed by atoms with Crippen molar-refractivity contribution in [1.29, 1.82) is 0 Å². The molecule has 2 atom stereocenters. The molecular weight excluding hydrogens is 300 g/mol. The minimum atomic E-state index is -0.432. The van der Waals surface area contributed by atoms with Gasteiger partial charge in [0, 0.05) is 19.1 Å². The first-order chi connectivity index (χ1) is 11.6. The van der Waals surface area contributed by atoms with E-state index in [1.54, 1.807) is 0 Å². The van der Waals surface area contributed by atoms with Gasteiger partial charge >= 0.3 is 0 Å². The Balaban J connectivity index is 1.50. The molecule has 0 aromatic heterocycles. The van der Waals surface area contributed by atoms with Crippen molar-refractivity contribution in [1.82, 2.24) is 9.80 Å². The van der Waals surface area contributed by atoms with Gasteiger partial charge in [-0.2, -0.15) is 0 Å². The third kappa shape index (κ3) is 4.50. The first-order valence-corrected chi connectivity index (χ1v) is 9.49. The van der Waals surface area contributed by atoms with E-state index in [0.717, 1.165) is 18.8 Å². The summed E-state index contributed by atoms with van der Waals surface area (Å²) in [4.78, 5) is 5.06. The molecule has 0 amide bonds.